The Labute approximate surface area is 132 Å². The lowest BCUT2D eigenvalue weighted by Gasteiger charge is -2.08. The van der Waals surface area contributed by atoms with E-state index in [0.717, 1.165) is 5.56 Å². The van der Waals surface area contributed by atoms with Crippen LogP contribution >= 0.6 is 23.2 Å². The van der Waals surface area contributed by atoms with E-state index in [1.165, 1.54) is 0 Å². The van der Waals surface area contributed by atoms with E-state index in [1.54, 1.807) is 24.5 Å². The molecular weight excluding hydrogens is 305 g/mol. The molecule has 0 unspecified atom stereocenters. The van der Waals surface area contributed by atoms with E-state index in [0.29, 0.717) is 33.7 Å². The van der Waals surface area contributed by atoms with Gasteiger partial charge in [0.25, 0.3) is 0 Å². The molecule has 2 aromatic carbocycles. The van der Waals surface area contributed by atoms with Crippen molar-refractivity contribution in [2.24, 2.45) is 0 Å². The fourth-order valence-corrected chi connectivity index (χ4v) is 2.79. The van der Waals surface area contributed by atoms with Crippen LogP contribution in [0, 0.1) is 0 Å². The first-order valence-electron chi connectivity index (χ1n) is 6.45. The van der Waals surface area contributed by atoms with E-state index in [-0.39, 0.29) is 0 Å². The molecule has 0 aliphatic heterocycles. The normalized spacial score (nSPS) is 10.8. The standard InChI is InChI=1S/C16H13Cl2N3/c17-12-7-4-8-13(18)14(12)15-16(19)21(10-20-15)9-11-5-2-1-3-6-11/h1-8,10H,9,19H2. The van der Waals surface area contributed by atoms with Crippen LogP contribution in [0.1, 0.15) is 5.56 Å². The minimum absolute atomic E-state index is 0.541. The predicted octanol–water partition coefficient (Wildman–Crippen LogP) is 4.49. The number of imidazole rings is 1. The van der Waals surface area contributed by atoms with Gasteiger partial charge < -0.3 is 10.3 Å². The maximum Gasteiger partial charge on any atom is 0.131 e. The molecule has 0 bridgehead atoms. The minimum atomic E-state index is 0.541. The van der Waals surface area contributed by atoms with Crippen LogP contribution in [0.25, 0.3) is 11.3 Å². The van der Waals surface area contributed by atoms with Crippen molar-refractivity contribution in [1.82, 2.24) is 9.55 Å². The SMILES string of the molecule is Nc1c(-c2c(Cl)cccc2Cl)ncn1Cc1ccccc1. The van der Waals surface area contributed by atoms with Gasteiger partial charge in [0.15, 0.2) is 0 Å². The molecule has 21 heavy (non-hydrogen) atoms. The van der Waals surface area contributed by atoms with E-state index in [1.807, 2.05) is 34.9 Å². The van der Waals surface area contributed by atoms with Gasteiger partial charge in [0, 0.05) is 5.56 Å². The summed E-state index contributed by atoms with van der Waals surface area (Å²) in [5.74, 6) is 0.550. The molecule has 0 saturated carbocycles. The van der Waals surface area contributed by atoms with Gasteiger partial charge in [0.05, 0.1) is 22.9 Å². The molecular formula is C16H13Cl2N3. The van der Waals surface area contributed by atoms with Crippen molar-refractivity contribution in [2.75, 3.05) is 5.73 Å². The van der Waals surface area contributed by atoms with E-state index < -0.39 is 0 Å². The summed E-state index contributed by atoms with van der Waals surface area (Å²) in [5, 5.41) is 1.08. The van der Waals surface area contributed by atoms with Crippen LogP contribution in [0.2, 0.25) is 10.0 Å². The Morgan fingerprint density at radius 2 is 1.62 bits per heavy atom. The summed E-state index contributed by atoms with van der Waals surface area (Å²) >= 11 is 12.4. The number of halogens is 2. The highest BCUT2D eigenvalue weighted by Gasteiger charge is 2.16. The number of nitrogens with two attached hydrogens (primary N) is 1. The van der Waals surface area contributed by atoms with Crippen LogP contribution in [-0.2, 0) is 6.54 Å². The highest BCUT2D eigenvalue weighted by atomic mass is 35.5. The molecule has 3 nitrogen and oxygen atoms in total. The van der Waals surface area contributed by atoms with Crippen LogP contribution in [0.4, 0.5) is 5.82 Å². The molecule has 0 atom stereocenters. The van der Waals surface area contributed by atoms with Crippen molar-refractivity contribution in [3.63, 3.8) is 0 Å². The maximum atomic E-state index is 6.22. The fourth-order valence-electron chi connectivity index (χ4n) is 2.21. The third kappa shape index (κ3) is 2.75. The number of aromatic nitrogens is 2. The molecule has 3 rings (SSSR count). The van der Waals surface area contributed by atoms with Crippen LogP contribution in [0.5, 0.6) is 0 Å². The second-order valence-electron chi connectivity index (χ2n) is 4.69. The number of anilines is 1. The van der Waals surface area contributed by atoms with E-state index in [9.17, 15) is 0 Å². The van der Waals surface area contributed by atoms with E-state index >= 15 is 0 Å². The number of benzene rings is 2. The number of nitrogen functional groups attached to an aromatic ring is 1. The van der Waals surface area contributed by atoms with Crippen LogP contribution in [0.15, 0.2) is 54.9 Å². The fraction of sp³-hybridized carbons (Fsp3) is 0.0625. The topological polar surface area (TPSA) is 43.8 Å². The van der Waals surface area contributed by atoms with E-state index in [4.69, 9.17) is 28.9 Å². The number of hydrogen-bond acceptors (Lipinski definition) is 2. The van der Waals surface area contributed by atoms with Gasteiger partial charge in [-0.2, -0.15) is 0 Å². The average Bonchev–Trinajstić information content (AvgIpc) is 2.82. The number of nitrogens with zero attached hydrogens (tertiary/aromatic N) is 2. The van der Waals surface area contributed by atoms with Crippen LogP contribution < -0.4 is 5.73 Å². The van der Waals surface area contributed by atoms with Crippen LogP contribution in [0.3, 0.4) is 0 Å². The van der Waals surface area contributed by atoms with Gasteiger partial charge in [0.1, 0.15) is 11.5 Å². The Bertz CT molecular complexity index is 746. The summed E-state index contributed by atoms with van der Waals surface area (Å²) in [6.45, 7) is 0.655. The quantitative estimate of drug-likeness (QED) is 0.773. The van der Waals surface area contributed by atoms with Crippen LogP contribution in [-0.4, -0.2) is 9.55 Å². The van der Waals surface area contributed by atoms with E-state index in [2.05, 4.69) is 4.98 Å². The molecule has 2 N–H and O–H groups in total. The van der Waals surface area contributed by atoms with Gasteiger partial charge in [0.2, 0.25) is 0 Å². The zero-order chi connectivity index (χ0) is 14.8. The predicted molar refractivity (Wildman–Crippen MR) is 87.6 cm³/mol. The molecule has 0 spiro atoms. The molecule has 3 aromatic rings. The zero-order valence-corrected chi connectivity index (χ0v) is 12.6. The largest absolute Gasteiger partial charge is 0.383 e. The lowest BCUT2D eigenvalue weighted by molar-refractivity contribution is 0.808. The smallest absolute Gasteiger partial charge is 0.131 e. The Balaban J connectivity index is 2.00. The second kappa shape index (κ2) is 5.80. The zero-order valence-electron chi connectivity index (χ0n) is 11.1. The third-order valence-electron chi connectivity index (χ3n) is 3.27. The summed E-state index contributed by atoms with van der Waals surface area (Å²) < 4.78 is 1.88. The lowest BCUT2D eigenvalue weighted by atomic mass is 10.1. The summed E-state index contributed by atoms with van der Waals surface area (Å²) in [7, 11) is 0. The highest BCUT2D eigenvalue weighted by Crippen LogP contribution is 2.36. The number of rotatable bonds is 3. The molecule has 0 aliphatic carbocycles. The molecule has 5 heteroatoms. The Morgan fingerprint density at radius 3 is 2.29 bits per heavy atom. The van der Waals surface area contributed by atoms with Crippen molar-refractivity contribution < 1.29 is 0 Å². The van der Waals surface area contributed by atoms with Crippen molar-refractivity contribution in [1.29, 1.82) is 0 Å². The molecule has 0 fully saturated rings. The molecule has 0 saturated heterocycles. The average molecular weight is 318 g/mol. The summed E-state index contributed by atoms with van der Waals surface area (Å²) in [6.07, 6.45) is 1.71. The molecule has 0 radical (unpaired) electrons. The first-order valence-corrected chi connectivity index (χ1v) is 7.21. The Hall–Kier alpha value is -1.97. The molecule has 0 aliphatic rings. The summed E-state index contributed by atoms with van der Waals surface area (Å²) in [4.78, 5) is 4.37. The molecule has 106 valence electrons. The monoisotopic (exact) mass is 317 g/mol. The lowest BCUT2D eigenvalue weighted by Crippen LogP contribution is -2.03. The van der Waals surface area contributed by atoms with Gasteiger partial charge in [-0.15, -0.1) is 0 Å². The van der Waals surface area contributed by atoms with Gasteiger partial charge in [-0.3, -0.25) is 0 Å². The first kappa shape index (κ1) is 14.0. The van der Waals surface area contributed by atoms with Crippen molar-refractivity contribution in [3.8, 4) is 11.3 Å². The van der Waals surface area contributed by atoms with Crippen molar-refractivity contribution >= 4 is 29.0 Å². The Kier molecular flexibility index (Phi) is 3.86. The van der Waals surface area contributed by atoms with Gasteiger partial charge in [-0.1, -0.05) is 59.6 Å². The maximum absolute atomic E-state index is 6.22. The summed E-state index contributed by atoms with van der Waals surface area (Å²) in [5.41, 5.74) is 8.64. The first-order chi connectivity index (χ1) is 10.2. The summed E-state index contributed by atoms with van der Waals surface area (Å²) in [6, 6.07) is 15.4. The van der Waals surface area contributed by atoms with Gasteiger partial charge in [-0.05, 0) is 17.7 Å². The minimum Gasteiger partial charge on any atom is -0.383 e. The Morgan fingerprint density at radius 1 is 0.952 bits per heavy atom. The second-order valence-corrected chi connectivity index (χ2v) is 5.50. The van der Waals surface area contributed by atoms with Crippen molar-refractivity contribution in [2.45, 2.75) is 6.54 Å². The molecule has 0 amide bonds. The molecule has 1 aromatic heterocycles. The highest BCUT2D eigenvalue weighted by molar-refractivity contribution is 6.39. The number of hydrogen-bond donors (Lipinski definition) is 1. The van der Waals surface area contributed by atoms with Crippen molar-refractivity contribution in [3.05, 3.63) is 70.5 Å². The van der Waals surface area contributed by atoms with Gasteiger partial charge >= 0.3 is 0 Å². The van der Waals surface area contributed by atoms with Gasteiger partial charge in [-0.25, -0.2) is 4.98 Å². The third-order valence-corrected chi connectivity index (χ3v) is 3.90. The molecule has 1 heterocycles.